The van der Waals surface area contributed by atoms with Gasteiger partial charge in [0, 0.05) is 23.7 Å². The first-order valence-corrected chi connectivity index (χ1v) is 7.99. The van der Waals surface area contributed by atoms with Gasteiger partial charge >= 0.3 is 0 Å². The van der Waals surface area contributed by atoms with Crippen LogP contribution in [0, 0.1) is 6.92 Å². The van der Waals surface area contributed by atoms with Gasteiger partial charge in [-0.25, -0.2) is 4.98 Å². The molecule has 20 heavy (non-hydrogen) atoms. The van der Waals surface area contributed by atoms with Crippen molar-refractivity contribution in [2.24, 2.45) is 0 Å². The van der Waals surface area contributed by atoms with E-state index in [4.69, 9.17) is 0 Å². The molecular weight excluding hydrogens is 264 g/mol. The number of aromatic nitrogens is 1. The fourth-order valence-corrected chi connectivity index (χ4v) is 3.33. The van der Waals surface area contributed by atoms with E-state index in [1.165, 1.54) is 15.4 Å². The quantitative estimate of drug-likeness (QED) is 0.857. The number of benzene rings is 1. The van der Waals surface area contributed by atoms with Gasteiger partial charge in [-0.2, -0.15) is 0 Å². The highest BCUT2D eigenvalue weighted by Crippen LogP contribution is 2.28. The van der Waals surface area contributed by atoms with Crippen LogP contribution in [0.3, 0.4) is 0 Å². The Hall–Kier alpha value is -1.19. The second-order valence-corrected chi connectivity index (χ2v) is 7.42. The molecule has 0 saturated heterocycles. The highest BCUT2D eigenvalue weighted by molar-refractivity contribution is 7.11. The van der Waals surface area contributed by atoms with E-state index in [0.717, 1.165) is 13.0 Å². The topological polar surface area (TPSA) is 24.9 Å². The number of nitrogens with one attached hydrogen (secondary N) is 1. The van der Waals surface area contributed by atoms with E-state index in [1.807, 2.05) is 6.20 Å². The van der Waals surface area contributed by atoms with Crippen LogP contribution in [-0.4, -0.2) is 11.0 Å². The Bertz CT molecular complexity index is 531. The zero-order valence-electron chi connectivity index (χ0n) is 12.8. The maximum absolute atomic E-state index is 4.40. The standard InChI is InChI=1S/C17H24N2S/c1-13(18-12-16-19-11-14(2)20-16)10-17(3,4)15-8-6-5-7-9-15/h5-9,11,13,18H,10,12H2,1-4H3. The summed E-state index contributed by atoms with van der Waals surface area (Å²) in [5.41, 5.74) is 1.59. The zero-order chi connectivity index (χ0) is 14.6. The first kappa shape index (κ1) is 15.2. The lowest BCUT2D eigenvalue weighted by Gasteiger charge is -2.29. The summed E-state index contributed by atoms with van der Waals surface area (Å²) in [6, 6.07) is 11.2. The van der Waals surface area contributed by atoms with Crippen LogP contribution >= 0.6 is 11.3 Å². The minimum Gasteiger partial charge on any atom is -0.308 e. The molecule has 3 heteroatoms. The summed E-state index contributed by atoms with van der Waals surface area (Å²) in [5.74, 6) is 0. The minimum absolute atomic E-state index is 0.187. The third-order valence-electron chi connectivity index (χ3n) is 3.64. The third-order valence-corrected chi connectivity index (χ3v) is 4.56. The summed E-state index contributed by atoms with van der Waals surface area (Å²) in [5, 5.41) is 4.76. The van der Waals surface area contributed by atoms with Crippen LogP contribution in [0.25, 0.3) is 0 Å². The third kappa shape index (κ3) is 4.15. The first-order valence-electron chi connectivity index (χ1n) is 7.17. The van der Waals surface area contributed by atoms with Gasteiger partial charge in [0.2, 0.25) is 0 Å². The highest BCUT2D eigenvalue weighted by Gasteiger charge is 2.22. The number of aryl methyl sites for hydroxylation is 1. The van der Waals surface area contributed by atoms with Gasteiger partial charge < -0.3 is 5.32 Å². The van der Waals surface area contributed by atoms with Crippen molar-refractivity contribution in [3.63, 3.8) is 0 Å². The number of rotatable bonds is 6. The van der Waals surface area contributed by atoms with Gasteiger partial charge in [0.05, 0.1) is 0 Å². The molecule has 0 fully saturated rings. The van der Waals surface area contributed by atoms with Crippen molar-refractivity contribution >= 4 is 11.3 Å². The summed E-state index contributed by atoms with van der Waals surface area (Å²) in [7, 11) is 0. The monoisotopic (exact) mass is 288 g/mol. The Balaban J connectivity index is 1.89. The van der Waals surface area contributed by atoms with E-state index in [-0.39, 0.29) is 5.41 Å². The molecule has 1 N–H and O–H groups in total. The molecular formula is C17H24N2S. The summed E-state index contributed by atoms with van der Waals surface area (Å²) >= 11 is 1.77. The predicted octanol–water partition coefficient (Wildman–Crippen LogP) is 4.30. The zero-order valence-corrected chi connectivity index (χ0v) is 13.6. The molecule has 1 heterocycles. The van der Waals surface area contributed by atoms with E-state index in [2.05, 4.69) is 68.3 Å². The second kappa shape index (κ2) is 6.51. The summed E-state index contributed by atoms with van der Waals surface area (Å²) < 4.78 is 0. The molecule has 0 aliphatic carbocycles. The maximum atomic E-state index is 4.40. The van der Waals surface area contributed by atoms with Crippen LogP contribution in [0.15, 0.2) is 36.5 Å². The molecule has 0 amide bonds. The van der Waals surface area contributed by atoms with Crippen molar-refractivity contribution in [3.05, 3.63) is 52.0 Å². The molecule has 1 atom stereocenters. The molecule has 0 aliphatic heterocycles. The molecule has 2 nitrogen and oxygen atoms in total. The fourth-order valence-electron chi connectivity index (χ4n) is 2.59. The van der Waals surface area contributed by atoms with Crippen LogP contribution in [0.5, 0.6) is 0 Å². The largest absolute Gasteiger partial charge is 0.308 e. The van der Waals surface area contributed by atoms with E-state index in [1.54, 1.807) is 11.3 Å². The van der Waals surface area contributed by atoms with Gasteiger partial charge in [-0.3, -0.25) is 0 Å². The maximum Gasteiger partial charge on any atom is 0.107 e. The van der Waals surface area contributed by atoms with Crippen molar-refractivity contribution in [2.75, 3.05) is 0 Å². The Labute approximate surface area is 126 Å². The lowest BCUT2D eigenvalue weighted by molar-refractivity contribution is 0.388. The second-order valence-electron chi connectivity index (χ2n) is 6.10. The Morgan fingerprint density at radius 1 is 1.25 bits per heavy atom. The normalized spacial score (nSPS) is 13.4. The number of hydrogen-bond donors (Lipinski definition) is 1. The van der Waals surface area contributed by atoms with Gasteiger partial charge in [0.1, 0.15) is 5.01 Å². The van der Waals surface area contributed by atoms with Gasteiger partial charge in [0.25, 0.3) is 0 Å². The molecule has 0 bridgehead atoms. The van der Waals surface area contributed by atoms with Gasteiger partial charge in [-0.15, -0.1) is 11.3 Å². The van der Waals surface area contributed by atoms with Crippen LogP contribution < -0.4 is 5.32 Å². The lowest BCUT2D eigenvalue weighted by Crippen LogP contribution is -2.32. The van der Waals surface area contributed by atoms with Gasteiger partial charge in [-0.05, 0) is 31.2 Å². The number of nitrogens with zero attached hydrogens (tertiary/aromatic N) is 1. The fraction of sp³-hybridized carbons (Fsp3) is 0.471. The molecule has 108 valence electrons. The average molecular weight is 288 g/mol. The summed E-state index contributed by atoms with van der Waals surface area (Å²) in [4.78, 5) is 5.68. The summed E-state index contributed by atoms with van der Waals surface area (Å²) in [6.07, 6.45) is 3.06. The van der Waals surface area contributed by atoms with E-state index in [9.17, 15) is 0 Å². The van der Waals surface area contributed by atoms with Crippen molar-refractivity contribution in [1.82, 2.24) is 10.3 Å². The van der Waals surface area contributed by atoms with E-state index >= 15 is 0 Å². The minimum atomic E-state index is 0.187. The van der Waals surface area contributed by atoms with Crippen molar-refractivity contribution < 1.29 is 0 Å². The summed E-state index contributed by atoms with van der Waals surface area (Å²) in [6.45, 7) is 9.85. The van der Waals surface area contributed by atoms with E-state index in [0.29, 0.717) is 6.04 Å². The Morgan fingerprint density at radius 3 is 2.55 bits per heavy atom. The smallest absolute Gasteiger partial charge is 0.107 e. The van der Waals surface area contributed by atoms with Crippen molar-refractivity contribution in [3.8, 4) is 0 Å². The van der Waals surface area contributed by atoms with Crippen molar-refractivity contribution in [2.45, 2.75) is 52.1 Å². The van der Waals surface area contributed by atoms with E-state index < -0.39 is 0 Å². The van der Waals surface area contributed by atoms with Crippen LogP contribution in [0.1, 0.15) is 42.6 Å². The molecule has 2 aromatic rings. The van der Waals surface area contributed by atoms with Gasteiger partial charge in [-0.1, -0.05) is 44.2 Å². The molecule has 0 aliphatic rings. The van der Waals surface area contributed by atoms with Crippen LogP contribution in [0.4, 0.5) is 0 Å². The highest BCUT2D eigenvalue weighted by atomic mass is 32.1. The van der Waals surface area contributed by atoms with Crippen molar-refractivity contribution in [1.29, 1.82) is 0 Å². The molecule has 2 rings (SSSR count). The average Bonchev–Trinajstić information content (AvgIpc) is 2.83. The SMILES string of the molecule is Cc1cnc(CNC(C)CC(C)(C)c2ccccc2)s1. The molecule has 0 radical (unpaired) electrons. The molecule has 1 unspecified atom stereocenters. The number of hydrogen-bond acceptors (Lipinski definition) is 3. The Morgan fingerprint density at radius 2 is 1.95 bits per heavy atom. The van der Waals surface area contributed by atoms with Crippen LogP contribution in [0.2, 0.25) is 0 Å². The molecule has 1 aromatic carbocycles. The van der Waals surface area contributed by atoms with Gasteiger partial charge in [0.15, 0.2) is 0 Å². The van der Waals surface area contributed by atoms with Crippen LogP contribution in [-0.2, 0) is 12.0 Å². The number of thiazole rings is 1. The Kier molecular flexibility index (Phi) is 4.95. The predicted molar refractivity (Wildman–Crippen MR) is 87.2 cm³/mol. The molecule has 0 spiro atoms. The molecule has 1 aromatic heterocycles. The first-order chi connectivity index (χ1) is 9.47. The molecule has 0 saturated carbocycles. The lowest BCUT2D eigenvalue weighted by atomic mass is 9.79.